The Morgan fingerprint density at radius 1 is 1.24 bits per heavy atom. The van der Waals surface area contributed by atoms with E-state index < -0.39 is 0 Å². The number of anilines is 1. The minimum atomic E-state index is 0.741. The first kappa shape index (κ1) is 15.6. The Labute approximate surface area is 126 Å². The van der Waals surface area contributed by atoms with Crippen LogP contribution in [0.3, 0.4) is 0 Å². The van der Waals surface area contributed by atoms with Crippen LogP contribution in [-0.2, 0) is 17.8 Å². The number of hydrogen-bond acceptors (Lipinski definition) is 4. The second-order valence-electron chi connectivity index (χ2n) is 5.28. The molecule has 4 heteroatoms. The average molecular weight is 288 g/mol. The van der Waals surface area contributed by atoms with Gasteiger partial charge in [0, 0.05) is 45.0 Å². The maximum absolute atomic E-state index is 5.12. The summed E-state index contributed by atoms with van der Waals surface area (Å²) < 4.78 is 10.1. The summed E-state index contributed by atoms with van der Waals surface area (Å²) in [5.74, 6) is 0. The topological polar surface area (TPSA) is 37.6 Å². The van der Waals surface area contributed by atoms with Crippen LogP contribution in [-0.4, -0.2) is 27.3 Å². The Hall–Kier alpha value is -1.78. The average Bonchev–Trinajstić information content (AvgIpc) is 2.96. The van der Waals surface area contributed by atoms with E-state index in [1.54, 1.807) is 19.6 Å². The molecule has 0 aliphatic carbocycles. The summed E-state index contributed by atoms with van der Waals surface area (Å²) in [6, 6.07) is 8.59. The van der Waals surface area contributed by atoms with Gasteiger partial charge in [0.25, 0.3) is 0 Å². The zero-order chi connectivity index (χ0) is 15.1. The second-order valence-corrected chi connectivity index (χ2v) is 5.28. The predicted octanol–water partition coefficient (Wildman–Crippen LogP) is 2.96. The Morgan fingerprint density at radius 3 is 2.76 bits per heavy atom. The number of methoxy groups -OCH3 is 1. The molecule has 0 unspecified atom stereocenters. The molecule has 1 N–H and O–H groups in total. The van der Waals surface area contributed by atoms with Gasteiger partial charge in [-0.05, 0) is 30.2 Å². The van der Waals surface area contributed by atoms with Gasteiger partial charge in [0.2, 0.25) is 0 Å². The molecule has 114 valence electrons. The van der Waals surface area contributed by atoms with E-state index in [2.05, 4.69) is 42.4 Å². The Balaban J connectivity index is 1.94. The molecule has 0 fully saturated rings. The molecular formula is C17H24N2O2. The molecule has 4 nitrogen and oxygen atoms in total. The molecule has 0 aliphatic heterocycles. The highest BCUT2D eigenvalue weighted by molar-refractivity contribution is 5.54. The number of ether oxygens (including phenoxy) is 1. The molecule has 0 radical (unpaired) electrons. The van der Waals surface area contributed by atoms with E-state index in [-0.39, 0.29) is 0 Å². The highest BCUT2D eigenvalue weighted by Gasteiger charge is 2.07. The van der Waals surface area contributed by atoms with Crippen molar-refractivity contribution in [2.24, 2.45) is 0 Å². The minimum absolute atomic E-state index is 0.741. The second kappa shape index (κ2) is 7.86. The van der Waals surface area contributed by atoms with E-state index in [4.69, 9.17) is 9.15 Å². The lowest BCUT2D eigenvalue weighted by atomic mass is 10.1. The van der Waals surface area contributed by atoms with Gasteiger partial charge in [-0.15, -0.1) is 0 Å². The van der Waals surface area contributed by atoms with E-state index in [0.717, 1.165) is 26.2 Å². The fraction of sp³-hybridized carbons (Fsp3) is 0.412. The van der Waals surface area contributed by atoms with Crippen molar-refractivity contribution in [1.82, 2.24) is 5.32 Å². The minimum Gasteiger partial charge on any atom is -0.472 e. The van der Waals surface area contributed by atoms with E-state index in [0.29, 0.717) is 0 Å². The van der Waals surface area contributed by atoms with Crippen LogP contribution in [0.25, 0.3) is 0 Å². The number of aryl methyl sites for hydroxylation is 1. The van der Waals surface area contributed by atoms with Crippen LogP contribution in [0.2, 0.25) is 0 Å². The van der Waals surface area contributed by atoms with Gasteiger partial charge in [-0.2, -0.15) is 0 Å². The van der Waals surface area contributed by atoms with Crippen LogP contribution in [0.5, 0.6) is 0 Å². The Bertz CT molecular complexity index is 538. The van der Waals surface area contributed by atoms with Crippen molar-refractivity contribution >= 4 is 5.69 Å². The van der Waals surface area contributed by atoms with Crippen molar-refractivity contribution in [3.05, 3.63) is 53.5 Å². The fourth-order valence-corrected chi connectivity index (χ4v) is 2.40. The third-order valence-corrected chi connectivity index (χ3v) is 3.48. The Morgan fingerprint density at radius 2 is 2.10 bits per heavy atom. The summed E-state index contributed by atoms with van der Waals surface area (Å²) in [7, 11) is 3.82. The number of hydrogen-bond donors (Lipinski definition) is 1. The normalized spacial score (nSPS) is 10.8. The van der Waals surface area contributed by atoms with E-state index in [9.17, 15) is 0 Å². The summed E-state index contributed by atoms with van der Waals surface area (Å²) in [6.07, 6.45) is 3.50. The first-order valence-corrected chi connectivity index (χ1v) is 7.22. The van der Waals surface area contributed by atoms with Gasteiger partial charge in [0.1, 0.15) is 0 Å². The van der Waals surface area contributed by atoms with Crippen molar-refractivity contribution in [2.45, 2.75) is 20.0 Å². The first-order valence-electron chi connectivity index (χ1n) is 7.22. The quantitative estimate of drug-likeness (QED) is 0.758. The molecule has 1 aromatic heterocycles. The molecule has 21 heavy (non-hydrogen) atoms. The zero-order valence-electron chi connectivity index (χ0n) is 13.1. The summed E-state index contributed by atoms with van der Waals surface area (Å²) in [6.45, 7) is 5.49. The molecule has 1 heterocycles. The lowest BCUT2D eigenvalue weighted by molar-refractivity contribution is 0.199. The van der Waals surface area contributed by atoms with Crippen molar-refractivity contribution in [3.63, 3.8) is 0 Å². The van der Waals surface area contributed by atoms with Gasteiger partial charge < -0.3 is 19.4 Å². The molecule has 0 saturated heterocycles. The molecular weight excluding hydrogens is 264 g/mol. The van der Waals surface area contributed by atoms with Crippen LogP contribution < -0.4 is 10.2 Å². The SMILES string of the molecule is COCCNCc1ccc(N(C)Cc2ccoc2)c(C)c1. The van der Waals surface area contributed by atoms with Gasteiger partial charge in [-0.25, -0.2) is 0 Å². The van der Waals surface area contributed by atoms with Crippen LogP contribution in [0.4, 0.5) is 5.69 Å². The zero-order valence-corrected chi connectivity index (χ0v) is 13.1. The van der Waals surface area contributed by atoms with Crippen molar-refractivity contribution in [2.75, 3.05) is 32.2 Å². The summed E-state index contributed by atoms with van der Waals surface area (Å²) >= 11 is 0. The van der Waals surface area contributed by atoms with Crippen LogP contribution >= 0.6 is 0 Å². The molecule has 0 bridgehead atoms. The van der Waals surface area contributed by atoms with Gasteiger partial charge in [0.15, 0.2) is 0 Å². The van der Waals surface area contributed by atoms with Crippen molar-refractivity contribution < 1.29 is 9.15 Å². The maximum Gasteiger partial charge on any atom is 0.0952 e. The summed E-state index contributed by atoms with van der Waals surface area (Å²) in [5.41, 5.74) is 5.01. The van der Waals surface area contributed by atoms with E-state index >= 15 is 0 Å². The highest BCUT2D eigenvalue weighted by atomic mass is 16.5. The largest absolute Gasteiger partial charge is 0.472 e. The lowest BCUT2D eigenvalue weighted by Gasteiger charge is -2.21. The van der Waals surface area contributed by atoms with E-state index in [1.807, 2.05) is 6.07 Å². The number of nitrogens with one attached hydrogen (secondary N) is 1. The van der Waals surface area contributed by atoms with Crippen molar-refractivity contribution in [1.29, 1.82) is 0 Å². The monoisotopic (exact) mass is 288 g/mol. The Kier molecular flexibility index (Phi) is 5.84. The molecule has 2 aromatic rings. The standard InChI is InChI=1S/C17H24N2O2/c1-14-10-15(11-18-7-9-20-3)4-5-17(14)19(2)12-16-6-8-21-13-16/h4-6,8,10,13,18H,7,9,11-12H2,1-3H3. The number of nitrogens with zero attached hydrogens (tertiary/aromatic N) is 1. The van der Waals surface area contributed by atoms with Gasteiger partial charge in [0.05, 0.1) is 19.1 Å². The highest BCUT2D eigenvalue weighted by Crippen LogP contribution is 2.22. The molecule has 0 atom stereocenters. The molecule has 1 aromatic carbocycles. The molecule has 2 rings (SSSR count). The third kappa shape index (κ3) is 4.62. The van der Waals surface area contributed by atoms with Crippen LogP contribution in [0, 0.1) is 6.92 Å². The molecule has 0 spiro atoms. The molecule has 0 saturated carbocycles. The van der Waals surface area contributed by atoms with Gasteiger partial charge >= 0.3 is 0 Å². The third-order valence-electron chi connectivity index (χ3n) is 3.48. The number of furan rings is 1. The summed E-state index contributed by atoms with van der Waals surface area (Å²) in [5, 5.41) is 3.36. The number of benzene rings is 1. The van der Waals surface area contributed by atoms with Crippen LogP contribution in [0.15, 0.2) is 41.2 Å². The van der Waals surface area contributed by atoms with Crippen LogP contribution in [0.1, 0.15) is 16.7 Å². The smallest absolute Gasteiger partial charge is 0.0952 e. The maximum atomic E-state index is 5.12. The number of rotatable bonds is 8. The predicted molar refractivity (Wildman–Crippen MR) is 85.6 cm³/mol. The fourth-order valence-electron chi connectivity index (χ4n) is 2.40. The first-order chi connectivity index (χ1) is 10.2. The molecule has 0 aliphatic rings. The summed E-state index contributed by atoms with van der Waals surface area (Å²) in [4.78, 5) is 2.24. The van der Waals surface area contributed by atoms with Gasteiger partial charge in [-0.1, -0.05) is 12.1 Å². The van der Waals surface area contributed by atoms with E-state index in [1.165, 1.54) is 22.4 Å². The van der Waals surface area contributed by atoms with Gasteiger partial charge in [-0.3, -0.25) is 0 Å². The van der Waals surface area contributed by atoms with Crippen molar-refractivity contribution in [3.8, 4) is 0 Å². The molecule has 0 amide bonds. The lowest BCUT2D eigenvalue weighted by Crippen LogP contribution is -2.19.